The first-order valence-electron chi connectivity index (χ1n) is 21.2. The van der Waals surface area contributed by atoms with E-state index < -0.39 is 0 Å². The molecule has 2 saturated heterocycles. The predicted octanol–water partition coefficient (Wildman–Crippen LogP) is 9.51. The summed E-state index contributed by atoms with van der Waals surface area (Å²) in [7, 11) is 0. The van der Waals surface area contributed by atoms with Gasteiger partial charge in [-0.2, -0.15) is 0 Å². The van der Waals surface area contributed by atoms with E-state index in [4.69, 9.17) is 9.47 Å². The van der Waals surface area contributed by atoms with E-state index in [-0.39, 0.29) is 22.8 Å². The fourth-order valence-electron chi connectivity index (χ4n) is 8.40. The normalized spacial score (nSPS) is 17.6. The van der Waals surface area contributed by atoms with Gasteiger partial charge in [0.05, 0.1) is 21.8 Å². The molecule has 0 bridgehead atoms. The van der Waals surface area contributed by atoms with Gasteiger partial charge in [0.2, 0.25) is 0 Å². The fourth-order valence-corrected chi connectivity index (χ4v) is 8.40. The fraction of sp³-hybridized carbons (Fsp3) is 0.417. The van der Waals surface area contributed by atoms with E-state index in [1.165, 1.54) is 24.3 Å². The zero-order valence-corrected chi connectivity index (χ0v) is 35.5. The molecule has 0 N–H and O–H groups in total. The third-order valence-electron chi connectivity index (χ3n) is 11.8. The minimum Gasteiger partial charge on any atom is -0.457 e. The first kappa shape index (κ1) is 42.7. The molecule has 4 heterocycles. The predicted molar refractivity (Wildman–Crippen MR) is 233 cm³/mol. The number of aromatic nitrogens is 4. The molecular weight excluding hydrogens is 763 g/mol. The molecule has 2 aromatic heterocycles. The van der Waals surface area contributed by atoms with Crippen LogP contribution in [0, 0.1) is 37.3 Å². The Kier molecular flexibility index (Phi) is 13.4. The quantitative estimate of drug-likeness (QED) is 0.135. The Hall–Kier alpha value is -5.46. The number of halogens is 2. The lowest BCUT2D eigenvalue weighted by molar-refractivity contribution is 0.129. The number of ether oxygens (including phenoxy) is 2. The van der Waals surface area contributed by atoms with E-state index in [9.17, 15) is 18.4 Å². The van der Waals surface area contributed by atoms with E-state index in [1.807, 2.05) is 13.8 Å². The molecule has 0 aliphatic carbocycles. The van der Waals surface area contributed by atoms with E-state index in [1.54, 1.807) is 69.8 Å². The van der Waals surface area contributed by atoms with Gasteiger partial charge in [-0.05, 0) is 177 Å². The van der Waals surface area contributed by atoms with Crippen molar-refractivity contribution in [1.29, 1.82) is 0 Å². The van der Waals surface area contributed by atoms with Crippen LogP contribution in [-0.2, 0) is 13.1 Å². The van der Waals surface area contributed by atoms with Crippen molar-refractivity contribution in [2.75, 3.05) is 26.2 Å². The lowest BCUT2D eigenvalue weighted by Gasteiger charge is -2.35. The summed E-state index contributed by atoms with van der Waals surface area (Å²) in [5.74, 6) is 3.83. The molecule has 2 fully saturated rings. The van der Waals surface area contributed by atoms with Gasteiger partial charge in [0.1, 0.15) is 46.3 Å². The van der Waals surface area contributed by atoms with Crippen LogP contribution in [0.15, 0.2) is 94.5 Å². The number of rotatable bonds is 10. The smallest absolute Gasteiger partial charge is 0.261 e. The molecule has 10 nitrogen and oxygen atoms in total. The van der Waals surface area contributed by atoms with Crippen molar-refractivity contribution in [3.05, 3.63) is 129 Å². The number of hydrogen-bond acceptors (Lipinski definition) is 8. The summed E-state index contributed by atoms with van der Waals surface area (Å²) >= 11 is 0. The van der Waals surface area contributed by atoms with Crippen LogP contribution in [0.5, 0.6) is 23.0 Å². The molecule has 0 spiro atoms. The van der Waals surface area contributed by atoms with Crippen LogP contribution in [0.4, 0.5) is 8.78 Å². The largest absolute Gasteiger partial charge is 0.457 e. The highest BCUT2D eigenvalue weighted by Gasteiger charge is 2.25. The van der Waals surface area contributed by atoms with Gasteiger partial charge < -0.3 is 19.3 Å². The van der Waals surface area contributed by atoms with Crippen molar-refractivity contribution < 1.29 is 18.3 Å². The standard InChI is InChI=1S/2C24H28FN3O2/c2*1-16(2)27-12-4-5-18(14-27)15-28-17(3)26-23-11-10-21(13-22(23)24(28)29)30-20-8-6-19(25)7-9-20/h2*6-11,13,16,18H,4-5,12,14-15H2,1-3H3/t2*18-/m00/s1. The minimum absolute atomic E-state index is 0.0382. The highest BCUT2D eigenvalue weighted by molar-refractivity contribution is 5.80. The van der Waals surface area contributed by atoms with Gasteiger partial charge in [-0.1, -0.05) is 0 Å². The minimum atomic E-state index is -0.317. The Bertz CT molecular complexity index is 2360. The number of benzene rings is 4. The highest BCUT2D eigenvalue weighted by Crippen LogP contribution is 2.27. The Morgan fingerprint density at radius 3 is 1.32 bits per heavy atom. The van der Waals surface area contributed by atoms with Gasteiger partial charge in [0, 0.05) is 38.3 Å². The first-order chi connectivity index (χ1) is 28.8. The SMILES string of the molecule is Cc1nc2ccc(Oc3ccc(F)cc3)cc2c(=O)n1C[C@H]1CCCN(C(C)C)C1.Cc1nc2ccc(Oc3ccc(F)cc3)cc2c(=O)n1C[C@H]1CCCN(C(C)C)C1. The molecule has 0 saturated carbocycles. The monoisotopic (exact) mass is 818 g/mol. The molecule has 12 heteroatoms. The Morgan fingerprint density at radius 1 is 0.583 bits per heavy atom. The second-order valence-electron chi connectivity index (χ2n) is 16.8. The lowest BCUT2D eigenvalue weighted by atomic mass is 9.96. The molecule has 0 unspecified atom stereocenters. The van der Waals surface area contributed by atoms with Crippen LogP contribution in [0.25, 0.3) is 21.8 Å². The number of hydrogen-bond donors (Lipinski definition) is 0. The van der Waals surface area contributed by atoms with Gasteiger partial charge in [0.25, 0.3) is 11.1 Å². The molecule has 316 valence electrons. The first-order valence-corrected chi connectivity index (χ1v) is 21.2. The maximum absolute atomic E-state index is 13.3. The zero-order valence-electron chi connectivity index (χ0n) is 35.5. The Balaban J connectivity index is 0.000000181. The van der Waals surface area contributed by atoms with Crippen LogP contribution in [0.2, 0.25) is 0 Å². The van der Waals surface area contributed by atoms with Crippen LogP contribution >= 0.6 is 0 Å². The van der Waals surface area contributed by atoms with Crippen LogP contribution in [0.3, 0.4) is 0 Å². The third-order valence-corrected chi connectivity index (χ3v) is 11.8. The summed E-state index contributed by atoms with van der Waals surface area (Å²) in [6.07, 6.45) is 4.57. The molecule has 8 rings (SSSR count). The molecular formula is C48H56F2N6O4. The number of fused-ring (bicyclic) bond motifs is 2. The van der Waals surface area contributed by atoms with Crippen molar-refractivity contribution in [2.24, 2.45) is 11.8 Å². The second kappa shape index (κ2) is 18.9. The molecule has 6 aromatic rings. The van der Waals surface area contributed by atoms with E-state index in [0.29, 0.717) is 81.8 Å². The zero-order chi connectivity index (χ0) is 42.5. The third kappa shape index (κ3) is 10.3. The summed E-state index contributed by atoms with van der Waals surface area (Å²) in [5, 5.41) is 1.08. The number of nitrogens with zero attached hydrogens (tertiary/aromatic N) is 6. The van der Waals surface area contributed by atoms with Gasteiger partial charge in [-0.25, -0.2) is 18.7 Å². The van der Waals surface area contributed by atoms with Crippen molar-refractivity contribution >= 4 is 21.8 Å². The average Bonchev–Trinajstić information content (AvgIpc) is 3.23. The second-order valence-corrected chi connectivity index (χ2v) is 16.8. The summed E-state index contributed by atoms with van der Waals surface area (Å²) in [5.41, 5.74) is 1.24. The lowest BCUT2D eigenvalue weighted by Crippen LogP contribution is -2.42. The summed E-state index contributed by atoms with van der Waals surface area (Å²) in [6.45, 7) is 18.3. The van der Waals surface area contributed by atoms with E-state index >= 15 is 0 Å². The maximum atomic E-state index is 13.3. The van der Waals surface area contributed by atoms with E-state index in [0.717, 1.165) is 63.5 Å². The highest BCUT2D eigenvalue weighted by atomic mass is 19.1. The number of likely N-dealkylation sites (tertiary alicyclic amines) is 2. The molecule has 4 aromatic carbocycles. The average molecular weight is 819 g/mol. The molecule has 2 atom stereocenters. The van der Waals surface area contributed by atoms with Gasteiger partial charge >= 0.3 is 0 Å². The van der Waals surface area contributed by atoms with Crippen molar-refractivity contribution in [3.63, 3.8) is 0 Å². The topological polar surface area (TPSA) is 94.7 Å². The molecule has 0 amide bonds. The summed E-state index contributed by atoms with van der Waals surface area (Å²) in [4.78, 5) is 40.9. The molecule has 2 aliphatic heterocycles. The number of aryl methyl sites for hydroxylation is 2. The maximum Gasteiger partial charge on any atom is 0.261 e. The summed E-state index contributed by atoms with van der Waals surface area (Å²) in [6, 6.07) is 23.3. The van der Waals surface area contributed by atoms with Crippen LogP contribution in [0.1, 0.15) is 65.0 Å². The number of piperidine rings is 2. The van der Waals surface area contributed by atoms with Gasteiger partial charge in [-0.3, -0.25) is 18.7 Å². The molecule has 60 heavy (non-hydrogen) atoms. The molecule has 2 aliphatic rings. The van der Waals surface area contributed by atoms with E-state index in [2.05, 4.69) is 47.5 Å². The Labute approximate surface area is 350 Å². The van der Waals surface area contributed by atoms with Crippen molar-refractivity contribution in [2.45, 2.75) is 92.4 Å². The van der Waals surface area contributed by atoms with Crippen molar-refractivity contribution in [1.82, 2.24) is 28.9 Å². The van der Waals surface area contributed by atoms with Gasteiger partial charge in [-0.15, -0.1) is 0 Å². The van der Waals surface area contributed by atoms with Crippen molar-refractivity contribution in [3.8, 4) is 23.0 Å². The molecule has 0 radical (unpaired) electrons. The Morgan fingerprint density at radius 2 is 0.950 bits per heavy atom. The van der Waals surface area contributed by atoms with Gasteiger partial charge in [0.15, 0.2) is 0 Å². The summed E-state index contributed by atoms with van der Waals surface area (Å²) < 4.78 is 41.5. The van der Waals surface area contributed by atoms with Crippen LogP contribution < -0.4 is 20.6 Å². The van der Waals surface area contributed by atoms with Crippen LogP contribution in [-0.4, -0.2) is 67.2 Å².